The molecule has 2 aromatic rings. The van der Waals surface area contributed by atoms with E-state index in [1.807, 2.05) is 37.3 Å². The van der Waals surface area contributed by atoms with E-state index in [9.17, 15) is 0 Å². The van der Waals surface area contributed by atoms with Crippen molar-refractivity contribution in [1.82, 2.24) is 9.97 Å². The van der Waals surface area contributed by atoms with Crippen molar-refractivity contribution in [3.63, 3.8) is 0 Å². The molecule has 4 nitrogen and oxygen atoms in total. The third kappa shape index (κ3) is 2.58. The summed E-state index contributed by atoms with van der Waals surface area (Å²) < 4.78 is 5.36. The van der Waals surface area contributed by atoms with Gasteiger partial charge in [-0.3, -0.25) is 0 Å². The Kier molecular flexibility index (Phi) is 3.31. The molecule has 0 fully saturated rings. The summed E-state index contributed by atoms with van der Waals surface area (Å²) in [7, 11) is 0. The third-order valence-corrected chi connectivity index (χ3v) is 2.24. The topological polar surface area (TPSA) is 58.8 Å². The zero-order valence-corrected chi connectivity index (χ0v) is 9.42. The fourth-order valence-corrected chi connectivity index (χ4v) is 1.46. The molecule has 0 saturated carbocycles. The highest BCUT2D eigenvalue weighted by atomic mass is 16.5. The Balaban J connectivity index is 2.30. The molecule has 1 aromatic heterocycles. The fraction of sp³-hybridized carbons (Fsp3) is 0.154. The number of ether oxygens (including phenoxy) is 1. The van der Waals surface area contributed by atoms with E-state index in [2.05, 4.69) is 9.97 Å². The summed E-state index contributed by atoms with van der Waals surface area (Å²) in [6.07, 6.45) is 1.39. The van der Waals surface area contributed by atoms with Crippen molar-refractivity contribution in [2.45, 2.75) is 6.92 Å². The van der Waals surface area contributed by atoms with Gasteiger partial charge < -0.3 is 4.74 Å². The Morgan fingerprint density at radius 2 is 2.00 bits per heavy atom. The van der Waals surface area contributed by atoms with E-state index in [0.717, 1.165) is 17.0 Å². The van der Waals surface area contributed by atoms with Crippen LogP contribution in [0.4, 0.5) is 0 Å². The van der Waals surface area contributed by atoms with Crippen molar-refractivity contribution in [2.24, 2.45) is 0 Å². The lowest BCUT2D eigenvalue weighted by atomic mass is 10.1. The molecule has 0 spiro atoms. The SMILES string of the molecule is CCOc1ccc(-c2cc(C#N)ncn2)cc1. The van der Waals surface area contributed by atoms with E-state index in [4.69, 9.17) is 10.00 Å². The van der Waals surface area contributed by atoms with E-state index in [0.29, 0.717) is 12.3 Å². The number of hydrogen-bond acceptors (Lipinski definition) is 4. The molecule has 0 saturated heterocycles. The van der Waals surface area contributed by atoms with Crippen molar-refractivity contribution in [1.29, 1.82) is 5.26 Å². The molecule has 0 unspecified atom stereocenters. The lowest BCUT2D eigenvalue weighted by molar-refractivity contribution is 0.340. The standard InChI is InChI=1S/C13H11N3O/c1-2-17-12-5-3-10(4-6-12)13-7-11(8-14)15-9-16-13/h3-7,9H,2H2,1H3. The number of nitriles is 1. The molecule has 0 aliphatic carbocycles. The lowest BCUT2D eigenvalue weighted by Crippen LogP contribution is -1.92. The summed E-state index contributed by atoms with van der Waals surface area (Å²) in [6, 6.07) is 11.2. The summed E-state index contributed by atoms with van der Waals surface area (Å²) in [6.45, 7) is 2.59. The number of rotatable bonds is 3. The fourth-order valence-electron chi connectivity index (χ4n) is 1.46. The quantitative estimate of drug-likeness (QED) is 0.804. The Labute approximate surface area is 99.5 Å². The van der Waals surface area contributed by atoms with Gasteiger partial charge in [0.05, 0.1) is 12.3 Å². The first kappa shape index (κ1) is 11.1. The van der Waals surface area contributed by atoms with Crippen molar-refractivity contribution in [3.8, 4) is 23.1 Å². The van der Waals surface area contributed by atoms with Crippen molar-refractivity contribution >= 4 is 0 Å². The van der Waals surface area contributed by atoms with Gasteiger partial charge in [-0.05, 0) is 31.2 Å². The van der Waals surface area contributed by atoms with Crippen LogP contribution in [-0.4, -0.2) is 16.6 Å². The van der Waals surface area contributed by atoms with Gasteiger partial charge in [0, 0.05) is 11.6 Å². The normalized spacial score (nSPS) is 9.65. The van der Waals surface area contributed by atoms with E-state index < -0.39 is 0 Å². The predicted molar refractivity (Wildman–Crippen MR) is 63.4 cm³/mol. The molecule has 17 heavy (non-hydrogen) atoms. The molecule has 0 bridgehead atoms. The van der Waals surface area contributed by atoms with Gasteiger partial charge in [0.25, 0.3) is 0 Å². The van der Waals surface area contributed by atoms with Crippen LogP contribution < -0.4 is 4.74 Å². The molecule has 0 aliphatic rings. The van der Waals surface area contributed by atoms with Gasteiger partial charge >= 0.3 is 0 Å². The molecule has 1 aromatic carbocycles. The smallest absolute Gasteiger partial charge is 0.144 e. The maximum Gasteiger partial charge on any atom is 0.144 e. The summed E-state index contributed by atoms with van der Waals surface area (Å²) in [5, 5.41) is 8.76. The second-order valence-corrected chi connectivity index (χ2v) is 3.36. The highest BCUT2D eigenvalue weighted by Crippen LogP contribution is 2.20. The minimum Gasteiger partial charge on any atom is -0.494 e. The maximum atomic E-state index is 8.76. The summed E-state index contributed by atoms with van der Waals surface area (Å²) in [5.41, 5.74) is 2.04. The second kappa shape index (κ2) is 5.08. The molecule has 0 amide bonds. The molecule has 84 valence electrons. The van der Waals surface area contributed by atoms with E-state index in [1.165, 1.54) is 6.33 Å². The van der Waals surface area contributed by atoms with Gasteiger partial charge in [0.1, 0.15) is 23.8 Å². The molecule has 0 aliphatic heterocycles. The Morgan fingerprint density at radius 3 is 2.65 bits per heavy atom. The average Bonchev–Trinajstić information content (AvgIpc) is 2.40. The van der Waals surface area contributed by atoms with Crippen LogP contribution in [0.15, 0.2) is 36.7 Å². The number of aromatic nitrogens is 2. The number of nitrogens with zero attached hydrogens (tertiary/aromatic N) is 3. The molecule has 0 N–H and O–H groups in total. The maximum absolute atomic E-state index is 8.76. The lowest BCUT2D eigenvalue weighted by Gasteiger charge is -2.04. The third-order valence-electron chi connectivity index (χ3n) is 2.24. The van der Waals surface area contributed by atoms with Crippen LogP contribution in [0.1, 0.15) is 12.6 Å². The van der Waals surface area contributed by atoms with Crippen molar-refractivity contribution in [2.75, 3.05) is 6.61 Å². The highest BCUT2D eigenvalue weighted by Gasteiger charge is 2.01. The van der Waals surface area contributed by atoms with Crippen LogP contribution in [0.2, 0.25) is 0 Å². The second-order valence-electron chi connectivity index (χ2n) is 3.36. The minimum atomic E-state index is 0.365. The zero-order chi connectivity index (χ0) is 12.1. The van der Waals surface area contributed by atoms with Crippen LogP contribution in [0.5, 0.6) is 5.75 Å². The van der Waals surface area contributed by atoms with Gasteiger partial charge in [-0.2, -0.15) is 5.26 Å². The molecule has 0 atom stereocenters. The molecule has 4 heteroatoms. The highest BCUT2D eigenvalue weighted by molar-refractivity contribution is 5.60. The Hall–Kier alpha value is -2.41. The Bertz CT molecular complexity index is 543. The van der Waals surface area contributed by atoms with Crippen molar-refractivity contribution < 1.29 is 4.74 Å². The number of hydrogen-bond donors (Lipinski definition) is 0. The van der Waals surface area contributed by atoms with Crippen LogP contribution in [0.3, 0.4) is 0 Å². The van der Waals surface area contributed by atoms with Crippen LogP contribution in [0.25, 0.3) is 11.3 Å². The largest absolute Gasteiger partial charge is 0.494 e. The molecular formula is C13H11N3O. The molecule has 0 radical (unpaired) electrons. The predicted octanol–water partition coefficient (Wildman–Crippen LogP) is 2.41. The Morgan fingerprint density at radius 1 is 1.24 bits per heavy atom. The van der Waals surface area contributed by atoms with E-state index in [1.54, 1.807) is 6.07 Å². The van der Waals surface area contributed by atoms with Gasteiger partial charge in [0.15, 0.2) is 0 Å². The zero-order valence-electron chi connectivity index (χ0n) is 9.42. The first-order valence-corrected chi connectivity index (χ1v) is 5.29. The summed E-state index contributed by atoms with van der Waals surface area (Å²) in [5.74, 6) is 0.825. The first-order valence-electron chi connectivity index (χ1n) is 5.29. The number of benzene rings is 1. The van der Waals surface area contributed by atoms with E-state index in [-0.39, 0.29) is 0 Å². The summed E-state index contributed by atoms with van der Waals surface area (Å²) >= 11 is 0. The van der Waals surface area contributed by atoms with Gasteiger partial charge in [-0.25, -0.2) is 9.97 Å². The van der Waals surface area contributed by atoms with Crippen molar-refractivity contribution in [3.05, 3.63) is 42.4 Å². The van der Waals surface area contributed by atoms with E-state index >= 15 is 0 Å². The monoisotopic (exact) mass is 225 g/mol. The average molecular weight is 225 g/mol. The van der Waals surface area contributed by atoms with Crippen LogP contribution in [0, 0.1) is 11.3 Å². The molecular weight excluding hydrogens is 214 g/mol. The van der Waals surface area contributed by atoms with Gasteiger partial charge in [0.2, 0.25) is 0 Å². The summed E-state index contributed by atoms with van der Waals surface area (Å²) in [4.78, 5) is 7.96. The van der Waals surface area contributed by atoms with Gasteiger partial charge in [-0.15, -0.1) is 0 Å². The van der Waals surface area contributed by atoms with Crippen LogP contribution >= 0.6 is 0 Å². The molecule has 1 heterocycles. The minimum absolute atomic E-state index is 0.365. The molecule has 2 rings (SSSR count). The van der Waals surface area contributed by atoms with Crippen LogP contribution in [-0.2, 0) is 0 Å². The van der Waals surface area contributed by atoms with Gasteiger partial charge in [-0.1, -0.05) is 0 Å². The first-order chi connectivity index (χ1) is 8.33.